The van der Waals surface area contributed by atoms with Gasteiger partial charge >= 0.3 is 0 Å². The number of aromatic nitrogens is 1. The minimum absolute atomic E-state index is 0.0761. The van der Waals surface area contributed by atoms with Crippen LogP contribution < -0.4 is 11.2 Å². The Hall–Kier alpha value is -1.49. The van der Waals surface area contributed by atoms with Gasteiger partial charge in [0.25, 0.3) is 5.91 Å². The van der Waals surface area contributed by atoms with Gasteiger partial charge in [0.15, 0.2) is 0 Å². The summed E-state index contributed by atoms with van der Waals surface area (Å²) in [5.74, 6) is 5.05. The molecule has 3 N–H and O–H groups in total. The van der Waals surface area contributed by atoms with Gasteiger partial charge in [-0.25, -0.2) is 0 Å². The highest BCUT2D eigenvalue weighted by Crippen LogP contribution is 1.98. The number of hydrazone groups is 1. The fourth-order valence-corrected chi connectivity index (χ4v) is 1.13. The second kappa shape index (κ2) is 4.66. The first-order chi connectivity index (χ1) is 6.69. The fourth-order valence-electron chi connectivity index (χ4n) is 0.992. The molecular formula is C8H11ClN4O. The first-order valence-corrected chi connectivity index (χ1v) is 4.48. The lowest BCUT2D eigenvalue weighted by Gasteiger charge is -2.05. The average molecular weight is 215 g/mol. The third kappa shape index (κ3) is 2.26. The summed E-state index contributed by atoms with van der Waals surface area (Å²) >= 11 is 5.48. The molecule has 0 radical (unpaired) electrons. The van der Waals surface area contributed by atoms with Crippen LogP contribution in [0.15, 0.2) is 23.4 Å². The number of carbonyl (C=O) groups excluding carboxylic acids is 1. The van der Waals surface area contributed by atoms with E-state index in [1.165, 1.54) is 0 Å². The lowest BCUT2D eigenvalue weighted by Crippen LogP contribution is -2.33. The molecule has 5 nitrogen and oxygen atoms in total. The summed E-state index contributed by atoms with van der Waals surface area (Å²) < 4.78 is 1.69. The lowest BCUT2D eigenvalue weighted by atomic mass is 10.4. The van der Waals surface area contributed by atoms with Crippen LogP contribution in [-0.2, 0) is 7.05 Å². The number of amidine groups is 1. The standard InChI is InChI=1S/C8H11ClN4O/c1-13-4-2-3-6(13)8(14)11-7(5-9)12-10/h2-4H,5,10H2,1H3,(H,11,12,14). The molecule has 0 aromatic carbocycles. The van der Waals surface area contributed by atoms with E-state index in [1.807, 2.05) is 0 Å². The van der Waals surface area contributed by atoms with Gasteiger partial charge in [-0.1, -0.05) is 0 Å². The molecule has 0 saturated carbocycles. The van der Waals surface area contributed by atoms with Crippen LogP contribution in [0.5, 0.6) is 0 Å². The first-order valence-electron chi connectivity index (χ1n) is 3.94. The zero-order chi connectivity index (χ0) is 10.6. The molecule has 0 atom stereocenters. The van der Waals surface area contributed by atoms with Crippen molar-refractivity contribution in [3.63, 3.8) is 0 Å². The van der Waals surface area contributed by atoms with Gasteiger partial charge in [-0.2, -0.15) is 5.10 Å². The van der Waals surface area contributed by atoms with E-state index < -0.39 is 0 Å². The summed E-state index contributed by atoms with van der Waals surface area (Å²) in [5, 5.41) is 5.82. The van der Waals surface area contributed by atoms with E-state index in [1.54, 1.807) is 29.9 Å². The highest BCUT2D eigenvalue weighted by Gasteiger charge is 2.10. The molecule has 0 unspecified atom stereocenters. The van der Waals surface area contributed by atoms with Crippen molar-refractivity contribution in [2.75, 3.05) is 5.88 Å². The first kappa shape index (κ1) is 10.6. The third-order valence-corrected chi connectivity index (χ3v) is 1.97. The van der Waals surface area contributed by atoms with Crippen molar-refractivity contribution in [2.45, 2.75) is 0 Å². The highest BCUT2D eigenvalue weighted by molar-refractivity contribution is 6.29. The van der Waals surface area contributed by atoms with Crippen LogP contribution in [0, 0.1) is 0 Å². The Morgan fingerprint density at radius 1 is 1.79 bits per heavy atom. The van der Waals surface area contributed by atoms with Gasteiger partial charge in [-0.3, -0.25) is 4.79 Å². The number of nitrogens with zero attached hydrogens (tertiary/aromatic N) is 2. The summed E-state index contributed by atoms with van der Waals surface area (Å²) in [6.45, 7) is 0. The normalized spacial score (nSPS) is 11.4. The zero-order valence-electron chi connectivity index (χ0n) is 7.70. The van der Waals surface area contributed by atoms with Gasteiger partial charge in [0.05, 0.1) is 5.88 Å². The van der Waals surface area contributed by atoms with E-state index in [0.29, 0.717) is 5.69 Å². The Morgan fingerprint density at radius 2 is 2.50 bits per heavy atom. The van der Waals surface area contributed by atoms with Crippen molar-refractivity contribution in [3.8, 4) is 0 Å². The number of aryl methyl sites for hydroxylation is 1. The van der Waals surface area contributed by atoms with Crippen molar-refractivity contribution in [1.82, 2.24) is 9.88 Å². The van der Waals surface area contributed by atoms with Crippen molar-refractivity contribution in [1.29, 1.82) is 0 Å². The number of halogens is 1. The van der Waals surface area contributed by atoms with Crippen LogP contribution >= 0.6 is 11.6 Å². The predicted molar refractivity (Wildman–Crippen MR) is 55.2 cm³/mol. The van der Waals surface area contributed by atoms with E-state index in [-0.39, 0.29) is 17.6 Å². The number of amides is 1. The smallest absolute Gasteiger partial charge is 0.273 e. The molecule has 14 heavy (non-hydrogen) atoms. The molecular weight excluding hydrogens is 204 g/mol. The van der Waals surface area contributed by atoms with Crippen LogP contribution in [0.4, 0.5) is 0 Å². The van der Waals surface area contributed by atoms with Crippen LogP contribution in [-0.4, -0.2) is 22.2 Å². The number of hydrogen-bond donors (Lipinski definition) is 2. The Kier molecular flexibility index (Phi) is 3.53. The maximum absolute atomic E-state index is 11.5. The number of rotatable bonds is 2. The topological polar surface area (TPSA) is 72.4 Å². The van der Waals surface area contributed by atoms with Gasteiger partial charge in [0, 0.05) is 13.2 Å². The molecule has 0 aliphatic rings. The molecule has 0 spiro atoms. The van der Waals surface area contributed by atoms with Gasteiger partial charge in [-0.05, 0) is 12.1 Å². The molecule has 0 fully saturated rings. The summed E-state index contributed by atoms with van der Waals surface area (Å²) in [6.07, 6.45) is 1.77. The third-order valence-electron chi connectivity index (χ3n) is 1.72. The monoisotopic (exact) mass is 214 g/mol. The number of nitrogens with two attached hydrogens (primary N) is 1. The van der Waals surface area contributed by atoms with Crippen LogP contribution in [0.2, 0.25) is 0 Å². The number of carbonyl (C=O) groups is 1. The molecule has 0 saturated heterocycles. The van der Waals surface area contributed by atoms with E-state index in [9.17, 15) is 4.79 Å². The SMILES string of the molecule is Cn1cccc1C(=O)NC(CCl)=NN. The van der Waals surface area contributed by atoms with Crippen LogP contribution in [0.1, 0.15) is 10.5 Å². The van der Waals surface area contributed by atoms with E-state index in [0.717, 1.165) is 0 Å². The molecule has 1 aromatic rings. The maximum atomic E-state index is 11.5. The summed E-state index contributed by atoms with van der Waals surface area (Å²) in [5.41, 5.74) is 0.524. The average Bonchev–Trinajstić information content (AvgIpc) is 2.60. The fraction of sp³-hybridized carbons (Fsp3) is 0.250. The number of nitrogens with one attached hydrogen (secondary N) is 1. The van der Waals surface area contributed by atoms with E-state index in [2.05, 4.69) is 10.4 Å². The Morgan fingerprint density at radius 3 is 2.93 bits per heavy atom. The summed E-state index contributed by atoms with van der Waals surface area (Å²) in [6, 6.07) is 3.46. The Bertz CT molecular complexity index is 358. The number of alkyl halides is 1. The van der Waals surface area contributed by atoms with E-state index in [4.69, 9.17) is 17.4 Å². The second-order valence-corrected chi connectivity index (χ2v) is 2.94. The van der Waals surface area contributed by atoms with Gasteiger partial charge in [0.2, 0.25) is 0 Å². The van der Waals surface area contributed by atoms with Crippen molar-refractivity contribution in [3.05, 3.63) is 24.0 Å². The van der Waals surface area contributed by atoms with Crippen LogP contribution in [0.3, 0.4) is 0 Å². The molecule has 76 valence electrons. The molecule has 1 amide bonds. The Labute approximate surface area is 86.5 Å². The zero-order valence-corrected chi connectivity index (χ0v) is 8.45. The minimum Gasteiger partial charge on any atom is -0.347 e. The maximum Gasteiger partial charge on any atom is 0.273 e. The molecule has 6 heteroatoms. The number of hydrogen-bond acceptors (Lipinski definition) is 3. The molecule has 1 rings (SSSR count). The minimum atomic E-state index is -0.276. The van der Waals surface area contributed by atoms with E-state index >= 15 is 0 Å². The largest absolute Gasteiger partial charge is 0.347 e. The Balaban J connectivity index is 2.73. The van der Waals surface area contributed by atoms with Gasteiger partial charge < -0.3 is 15.7 Å². The van der Waals surface area contributed by atoms with Crippen molar-refractivity contribution in [2.24, 2.45) is 18.0 Å². The summed E-state index contributed by atoms with van der Waals surface area (Å²) in [7, 11) is 1.77. The molecule has 0 bridgehead atoms. The predicted octanol–water partition coefficient (Wildman–Crippen LogP) is 0.266. The quantitative estimate of drug-likeness (QED) is 0.244. The molecule has 1 aromatic heterocycles. The van der Waals surface area contributed by atoms with Gasteiger partial charge in [0.1, 0.15) is 11.5 Å². The highest BCUT2D eigenvalue weighted by atomic mass is 35.5. The summed E-state index contributed by atoms with van der Waals surface area (Å²) in [4.78, 5) is 11.5. The van der Waals surface area contributed by atoms with Crippen molar-refractivity contribution >= 4 is 23.3 Å². The van der Waals surface area contributed by atoms with Crippen molar-refractivity contribution < 1.29 is 4.79 Å². The van der Waals surface area contributed by atoms with Gasteiger partial charge in [-0.15, -0.1) is 11.6 Å². The molecule has 0 aliphatic heterocycles. The molecule has 0 aliphatic carbocycles. The second-order valence-electron chi connectivity index (χ2n) is 2.67. The molecule has 1 heterocycles. The lowest BCUT2D eigenvalue weighted by molar-refractivity contribution is 0.0969. The van der Waals surface area contributed by atoms with Crippen LogP contribution in [0.25, 0.3) is 0 Å².